The van der Waals surface area contributed by atoms with Gasteiger partial charge in [0, 0.05) is 5.97 Å². The van der Waals surface area contributed by atoms with Gasteiger partial charge in [0.15, 0.2) is 11.5 Å². The third-order valence-electron chi connectivity index (χ3n) is 2.15. The molecule has 0 aromatic heterocycles. The summed E-state index contributed by atoms with van der Waals surface area (Å²) in [5.74, 6) is 0.243. The van der Waals surface area contributed by atoms with Crippen molar-refractivity contribution in [1.29, 1.82) is 0 Å². The van der Waals surface area contributed by atoms with Crippen molar-refractivity contribution in [1.82, 2.24) is 0 Å². The van der Waals surface area contributed by atoms with Crippen molar-refractivity contribution in [3.05, 3.63) is 23.8 Å². The number of rotatable bonds is 6. The molecule has 1 rings (SSSR count). The highest BCUT2D eigenvalue weighted by atomic mass is 16.5. The standard InChI is InChI=1S/C12H16O4/c1-3-16-10-6-4-9(5-7-12(13)14)8-11(10)15-2/h4,6,8H,3,5,7H2,1-2H3,(H,13,14)/p-1. The minimum Gasteiger partial charge on any atom is -0.550 e. The molecule has 0 saturated carbocycles. The van der Waals surface area contributed by atoms with Crippen molar-refractivity contribution < 1.29 is 19.4 Å². The van der Waals surface area contributed by atoms with E-state index in [9.17, 15) is 9.90 Å². The second-order valence-corrected chi connectivity index (χ2v) is 3.29. The van der Waals surface area contributed by atoms with Crippen molar-refractivity contribution in [2.75, 3.05) is 13.7 Å². The Hall–Kier alpha value is -1.71. The molecule has 0 aliphatic heterocycles. The topological polar surface area (TPSA) is 58.6 Å². The molecule has 88 valence electrons. The Morgan fingerprint density at radius 2 is 2.12 bits per heavy atom. The number of aliphatic carboxylic acids is 1. The van der Waals surface area contributed by atoms with E-state index in [1.54, 1.807) is 19.2 Å². The number of hydrogen-bond donors (Lipinski definition) is 0. The van der Waals surface area contributed by atoms with Gasteiger partial charge in [0.2, 0.25) is 0 Å². The largest absolute Gasteiger partial charge is 0.550 e. The smallest absolute Gasteiger partial charge is 0.161 e. The highest BCUT2D eigenvalue weighted by Gasteiger charge is 2.04. The van der Waals surface area contributed by atoms with Crippen molar-refractivity contribution in [2.24, 2.45) is 0 Å². The summed E-state index contributed by atoms with van der Waals surface area (Å²) in [6, 6.07) is 5.40. The number of carboxylic acid groups (broad SMARTS) is 1. The summed E-state index contributed by atoms with van der Waals surface area (Å²) in [6.07, 6.45) is 0.447. The molecule has 0 unspecified atom stereocenters. The quantitative estimate of drug-likeness (QED) is 0.715. The van der Waals surface area contributed by atoms with Crippen molar-refractivity contribution in [3.63, 3.8) is 0 Å². The zero-order chi connectivity index (χ0) is 12.0. The van der Waals surface area contributed by atoms with Crippen LogP contribution in [0.5, 0.6) is 11.5 Å². The van der Waals surface area contributed by atoms with Crippen LogP contribution in [0.1, 0.15) is 18.9 Å². The van der Waals surface area contributed by atoms with Gasteiger partial charge in [0.25, 0.3) is 0 Å². The number of benzene rings is 1. The predicted molar refractivity (Wildman–Crippen MR) is 57.5 cm³/mol. The van der Waals surface area contributed by atoms with Crippen LogP contribution in [0.25, 0.3) is 0 Å². The van der Waals surface area contributed by atoms with Gasteiger partial charge in [-0.2, -0.15) is 0 Å². The van der Waals surface area contributed by atoms with E-state index in [0.717, 1.165) is 5.56 Å². The van der Waals surface area contributed by atoms with Crippen LogP contribution < -0.4 is 14.6 Å². The van der Waals surface area contributed by atoms with Gasteiger partial charge in [-0.3, -0.25) is 0 Å². The molecular weight excluding hydrogens is 208 g/mol. The number of carbonyl (C=O) groups is 1. The Kier molecular flexibility index (Phi) is 4.64. The van der Waals surface area contributed by atoms with Gasteiger partial charge in [0.1, 0.15) is 0 Å². The normalized spacial score (nSPS) is 9.88. The molecule has 16 heavy (non-hydrogen) atoms. The van der Waals surface area contributed by atoms with E-state index in [-0.39, 0.29) is 6.42 Å². The van der Waals surface area contributed by atoms with Gasteiger partial charge in [-0.15, -0.1) is 0 Å². The average Bonchev–Trinajstić information content (AvgIpc) is 2.28. The molecule has 0 heterocycles. The van der Waals surface area contributed by atoms with Crippen molar-refractivity contribution in [2.45, 2.75) is 19.8 Å². The summed E-state index contributed by atoms with van der Waals surface area (Å²) in [5, 5.41) is 10.3. The molecule has 0 N–H and O–H groups in total. The summed E-state index contributed by atoms with van der Waals surface area (Å²) < 4.78 is 10.5. The van der Waals surface area contributed by atoms with E-state index in [2.05, 4.69) is 0 Å². The van der Waals surface area contributed by atoms with Gasteiger partial charge in [-0.05, 0) is 37.5 Å². The maximum absolute atomic E-state index is 10.3. The molecule has 0 spiro atoms. The molecule has 0 aliphatic rings. The Morgan fingerprint density at radius 3 is 2.69 bits per heavy atom. The lowest BCUT2D eigenvalue weighted by molar-refractivity contribution is -0.305. The second-order valence-electron chi connectivity index (χ2n) is 3.29. The fourth-order valence-electron chi connectivity index (χ4n) is 1.39. The van der Waals surface area contributed by atoms with Gasteiger partial charge < -0.3 is 19.4 Å². The monoisotopic (exact) mass is 223 g/mol. The van der Waals surface area contributed by atoms with Gasteiger partial charge in [-0.25, -0.2) is 0 Å². The predicted octanol–water partition coefficient (Wildman–Crippen LogP) is 0.776. The third kappa shape index (κ3) is 3.46. The lowest BCUT2D eigenvalue weighted by Gasteiger charge is -2.11. The fraction of sp³-hybridized carbons (Fsp3) is 0.417. The van der Waals surface area contributed by atoms with E-state index in [1.807, 2.05) is 13.0 Å². The maximum atomic E-state index is 10.3. The average molecular weight is 223 g/mol. The van der Waals surface area contributed by atoms with E-state index >= 15 is 0 Å². The molecule has 0 fully saturated rings. The zero-order valence-corrected chi connectivity index (χ0v) is 9.49. The first kappa shape index (κ1) is 12.4. The summed E-state index contributed by atoms with van der Waals surface area (Å²) >= 11 is 0. The first-order valence-electron chi connectivity index (χ1n) is 5.17. The van der Waals surface area contributed by atoms with E-state index < -0.39 is 5.97 Å². The number of hydrogen-bond acceptors (Lipinski definition) is 4. The van der Waals surface area contributed by atoms with Crippen LogP contribution in [0.2, 0.25) is 0 Å². The summed E-state index contributed by atoms with van der Waals surface area (Å²) in [7, 11) is 1.56. The number of ether oxygens (including phenoxy) is 2. The Morgan fingerprint density at radius 1 is 1.38 bits per heavy atom. The van der Waals surface area contributed by atoms with Crippen LogP contribution in [-0.2, 0) is 11.2 Å². The minimum atomic E-state index is -1.05. The number of carboxylic acids is 1. The highest BCUT2D eigenvalue weighted by Crippen LogP contribution is 2.28. The first-order valence-corrected chi connectivity index (χ1v) is 5.17. The number of aryl methyl sites for hydroxylation is 1. The van der Waals surface area contributed by atoms with Crippen molar-refractivity contribution in [3.8, 4) is 11.5 Å². The molecule has 0 atom stereocenters. The molecule has 0 aliphatic carbocycles. The van der Waals surface area contributed by atoms with Crippen LogP contribution in [0, 0.1) is 0 Å². The van der Waals surface area contributed by atoms with Crippen LogP contribution >= 0.6 is 0 Å². The Balaban J connectivity index is 2.77. The molecule has 0 amide bonds. The van der Waals surface area contributed by atoms with Gasteiger partial charge >= 0.3 is 0 Å². The second kappa shape index (κ2) is 6.00. The summed E-state index contributed by atoms with van der Waals surface area (Å²) in [6.45, 7) is 2.46. The molecule has 4 nitrogen and oxygen atoms in total. The lowest BCUT2D eigenvalue weighted by atomic mass is 10.1. The van der Waals surface area contributed by atoms with Gasteiger partial charge in [0.05, 0.1) is 13.7 Å². The molecule has 1 aromatic carbocycles. The Bertz CT molecular complexity index is 360. The number of carbonyl (C=O) groups excluding carboxylic acids is 1. The minimum absolute atomic E-state index is 0.0110. The van der Waals surface area contributed by atoms with E-state index in [4.69, 9.17) is 9.47 Å². The molecule has 4 heteroatoms. The molecule has 0 radical (unpaired) electrons. The molecular formula is C12H15O4-. The lowest BCUT2D eigenvalue weighted by Crippen LogP contribution is -2.22. The summed E-state index contributed by atoms with van der Waals surface area (Å²) in [5.41, 5.74) is 0.893. The molecule has 1 aromatic rings. The maximum Gasteiger partial charge on any atom is 0.161 e. The molecule has 0 bridgehead atoms. The molecule has 0 saturated heterocycles. The highest BCUT2D eigenvalue weighted by molar-refractivity contribution is 5.64. The number of methoxy groups -OCH3 is 1. The van der Waals surface area contributed by atoms with E-state index in [1.165, 1.54) is 0 Å². The van der Waals surface area contributed by atoms with Crippen LogP contribution in [0.15, 0.2) is 18.2 Å². The fourth-order valence-corrected chi connectivity index (χ4v) is 1.39. The van der Waals surface area contributed by atoms with Crippen LogP contribution in [0.4, 0.5) is 0 Å². The van der Waals surface area contributed by atoms with Gasteiger partial charge in [-0.1, -0.05) is 6.07 Å². The SMILES string of the molecule is CCOc1ccc(CCC(=O)[O-])cc1OC. The van der Waals surface area contributed by atoms with Crippen molar-refractivity contribution >= 4 is 5.97 Å². The van der Waals surface area contributed by atoms with E-state index in [0.29, 0.717) is 24.5 Å². The Labute approximate surface area is 94.8 Å². The third-order valence-corrected chi connectivity index (χ3v) is 2.15. The van der Waals surface area contributed by atoms with Crippen LogP contribution in [0.3, 0.4) is 0 Å². The zero-order valence-electron chi connectivity index (χ0n) is 9.49. The first-order chi connectivity index (χ1) is 7.67. The van der Waals surface area contributed by atoms with Crippen LogP contribution in [-0.4, -0.2) is 19.7 Å². The summed E-state index contributed by atoms with van der Waals surface area (Å²) in [4.78, 5) is 10.3.